The Morgan fingerprint density at radius 1 is 1.14 bits per heavy atom. The van der Waals surface area contributed by atoms with Gasteiger partial charge in [0.05, 0.1) is 12.7 Å². The second-order valence-electron chi connectivity index (χ2n) is 4.59. The molecule has 4 nitrogen and oxygen atoms in total. The van der Waals surface area contributed by atoms with Gasteiger partial charge in [-0.2, -0.15) is 0 Å². The maximum atomic E-state index is 13.7. The van der Waals surface area contributed by atoms with Gasteiger partial charge in [0.25, 0.3) is 0 Å². The summed E-state index contributed by atoms with van der Waals surface area (Å²) in [6, 6.07) is 13.1. The van der Waals surface area contributed by atoms with Gasteiger partial charge in [-0.05, 0) is 35.9 Å². The molecule has 0 radical (unpaired) electrons. The van der Waals surface area contributed by atoms with Gasteiger partial charge in [-0.1, -0.05) is 24.3 Å². The molecule has 110 valence electrons. The highest BCUT2D eigenvalue weighted by Gasteiger charge is 2.25. The van der Waals surface area contributed by atoms with Crippen LogP contribution in [0, 0.1) is 5.82 Å². The molecule has 0 bridgehead atoms. The molecule has 0 saturated carbocycles. The molecule has 22 heavy (non-hydrogen) atoms. The zero-order valence-electron chi connectivity index (χ0n) is 11.7. The third-order valence-electron chi connectivity index (χ3n) is 3.14. The zero-order valence-corrected chi connectivity index (χ0v) is 11.7. The summed E-state index contributed by atoms with van der Waals surface area (Å²) in [5, 5.41) is 0. The van der Waals surface area contributed by atoms with Crippen LogP contribution in [0.3, 0.4) is 0 Å². The lowest BCUT2D eigenvalue weighted by Crippen LogP contribution is -2.07. The van der Waals surface area contributed by atoms with Crippen molar-refractivity contribution in [2.24, 2.45) is 4.99 Å². The van der Waals surface area contributed by atoms with E-state index in [-0.39, 0.29) is 17.2 Å². The van der Waals surface area contributed by atoms with Crippen molar-refractivity contribution in [2.45, 2.75) is 0 Å². The number of hydrogen-bond acceptors (Lipinski definition) is 4. The van der Waals surface area contributed by atoms with Gasteiger partial charge in [0, 0.05) is 0 Å². The highest BCUT2D eigenvalue weighted by Crippen LogP contribution is 2.21. The number of carbonyl (C=O) groups excluding carboxylic acids is 1. The predicted octanol–water partition coefficient (Wildman–Crippen LogP) is 3.18. The number of aliphatic imine (C=N–C) groups is 1. The number of rotatable bonds is 3. The van der Waals surface area contributed by atoms with Crippen LogP contribution in [0.5, 0.6) is 5.75 Å². The molecule has 0 unspecified atom stereocenters. The van der Waals surface area contributed by atoms with Crippen molar-refractivity contribution in [3.8, 4) is 5.75 Å². The lowest BCUT2D eigenvalue weighted by Gasteiger charge is -1.99. The second-order valence-corrected chi connectivity index (χ2v) is 4.59. The molecular weight excluding hydrogens is 285 g/mol. The smallest absolute Gasteiger partial charge is 0.363 e. The number of methoxy groups -OCH3 is 1. The lowest BCUT2D eigenvalue weighted by atomic mass is 10.2. The maximum Gasteiger partial charge on any atom is 0.363 e. The minimum Gasteiger partial charge on any atom is -0.497 e. The number of halogens is 1. The Morgan fingerprint density at radius 3 is 2.55 bits per heavy atom. The van der Waals surface area contributed by atoms with Gasteiger partial charge in [-0.15, -0.1) is 0 Å². The molecule has 0 aliphatic carbocycles. The summed E-state index contributed by atoms with van der Waals surface area (Å²) in [5.41, 5.74) is 1.06. The van der Waals surface area contributed by atoms with Gasteiger partial charge in [0.2, 0.25) is 5.90 Å². The van der Waals surface area contributed by atoms with Gasteiger partial charge < -0.3 is 9.47 Å². The van der Waals surface area contributed by atoms with Crippen LogP contribution >= 0.6 is 0 Å². The van der Waals surface area contributed by atoms with Gasteiger partial charge in [-0.25, -0.2) is 14.2 Å². The van der Waals surface area contributed by atoms with Crippen molar-refractivity contribution in [1.29, 1.82) is 0 Å². The molecule has 3 rings (SSSR count). The summed E-state index contributed by atoms with van der Waals surface area (Å²) in [7, 11) is 1.58. The molecule has 0 atom stereocenters. The Hall–Kier alpha value is -2.95. The fourth-order valence-electron chi connectivity index (χ4n) is 2.02. The van der Waals surface area contributed by atoms with E-state index in [1.54, 1.807) is 49.6 Å². The summed E-state index contributed by atoms with van der Waals surface area (Å²) in [6.45, 7) is 0. The molecule has 1 heterocycles. The van der Waals surface area contributed by atoms with E-state index in [1.165, 1.54) is 12.1 Å². The molecular formula is C17H12FNO3. The largest absolute Gasteiger partial charge is 0.497 e. The third-order valence-corrected chi connectivity index (χ3v) is 3.14. The van der Waals surface area contributed by atoms with Crippen LogP contribution in [0.15, 0.2) is 59.2 Å². The van der Waals surface area contributed by atoms with E-state index in [2.05, 4.69) is 4.99 Å². The first-order chi connectivity index (χ1) is 10.7. The van der Waals surface area contributed by atoms with E-state index in [0.717, 1.165) is 5.56 Å². The molecule has 2 aromatic carbocycles. The number of esters is 1. The molecule has 2 aromatic rings. The van der Waals surface area contributed by atoms with Gasteiger partial charge in [-0.3, -0.25) is 0 Å². The summed E-state index contributed by atoms with van der Waals surface area (Å²) in [6.07, 6.45) is 1.58. The first-order valence-electron chi connectivity index (χ1n) is 6.59. The summed E-state index contributed by atoms with van der Waals surface area (Å²) in [4.78, 5) is 15.9. The van der Waals surface area contributed by atoms with E-state index in [0.29, 0.717) is 5.75 Å². The average Bonchev–Trinajstić information content (AvgIpc) is 2.89. The van der Waals surface area contributed by atoms with E-state index in [9.17, 15) is 9.18 Å². The highest BCUT2D eigenvalue weighted by atomic mass is 19.1. The van der Waals surface area contributed by atoms with Gasteiger partial charge >= 0.3 is 5.97 Å². The Balaban J connectivity index is 1.92. The summed E-state index contributed by atoms with van der Waals surface area (Å²) in [5.74, 6) is -0.400. The molecule has 0 N–H and O–H groups in total. The maximum absolute atomic E-state index is 13.7. The SMILES string of the molecule is COc1ccc(/C=C2\N=C(c3ccccc3F)OC2=O)cc1. The predicted molar refractivity (Wildman–Crippen MR) is 80.0 cm³/mol. The van der Waals surface area contributed by atoms with Crippen molar-refractivity contribution < 1.29 is 18.7 Å². The van der Waals surface area contributed by atoms with Crippen molar-refractivity contribution in [1.82, 2.24) is 0 Å². The van der Waals surface area contributed by atoms with Gasteiger partial charge in [0.15, 0.2) is 5.70 Å². The average molecular weight is 297 g/mol. The highest BCUT2D eigenvalue weighted by molar-refractivity contribution is 6.12. The lowest BCUT2D eigenvalue weighted by molar-refractivity contribution is -0.129. The molecule has 5 heteroatoms. The van der Waals surface area contributed by atoms with E-state index in [1.807, 2.05) is 0 Å². The van der Waals surface area contributed by atoms with Crippen LogP contribution in [0.25, 0.3) is 6.08 Å². The number of hydrogen-bond donors (Lipinski definition) is 0. The Bertz CT molecular complexity index is 779. The molecule has 1 aliphatic heterocycles. The van der Waals surface area contributed by atoms with Crippen molar-refractivity contribution in [2.75, 3.05) is 7.11 Å². The second kappa shape index (κ2) is 5.81. The fraction of sp³-hybridized carbons (Fsp3) is 0.0588. The number of cyclic esters (lactones) is 1. The van der Waals surface area contributed by atoms with Gasteiger partial charge in [0.1, 0.15) is 11.6 Å². The number of benzene rings is 2. The Morgan fingerprint density at radius 2 is 1.86 bits per heavy atom. The first kappa shape index (κ1) is 14.0. The van der Waals surface area contributed by atoms with E-state index in [4.69, 9.17) is 9.47 Å². The normalized spacial score (nSPS) is 15.6. The van der Waals surface area contributed by atoms with Crippen LogP contribution in [0.4, 0.5) is 4.39 Å². The van der Waals surface area contributed by atoms with Crippen LogP contribution in [0.1, 0.15) is 11.1 Å². The van der Waals surface area contributed by atoms with Crippen molar-refractivity contribution in [3.63, 3.8) is 0 Å². The Labute approximate surface area is 126 Å². The zero-order chi connectivity index (χ0) is 15.5. The molecule has 0 fully saturated rings. The number of nitrogens with zero attached hydrogens (tertiary/aromatic N) is 1. The van der Waals surface area contributed by atoms with Crippen LogP contribution in [0.2, 0.25) is 0 Å². The quantitative estimate of drug-likeness (QED) is 0.646. The summed E-state index contributed by atoms with van der Waals surface area (Å²) < 4.78 is 23.8. The minimum absolute atomic E-state index is 0.0251. The monoisotopic (exact) mass is 297 g/mol. The van der Waals surface area contributed by atoms with E-state index >= 15 is 0 Å². The van der Waals surface area contributed by atoms with Crippen LogP contribution < -0.4 is 4.74 Å². The standard InChI is InChI=1S/C17H12FNO3/c1-21-12-8-6-11(7-9-12)10-15-17(20)22-16(19-15)13-4-2-3-5-14(13)18/h2-10H,1H3/b15-10-. The third kappa shape index (κ3) is 2.74. The van der Waals surface area contributed by atoms with Crippen LogP contribution in [-0.4, -0.2) is 19.0 Å². The molecule has 1 aliphatic rings. The molecule has 0 aromatic heterocycles. The van der Waals surface area contributed by atoms with Crippen molar-refractivity contribution in [3.05, 3.63) is 71.2 Å². The first-order valence-corrected chi connectivity index (χ1v) is 6.59. The van der Waals surface area contributed by atoms with Crippen molar-refractivity contribution >= 4 is 17.9 Å². The van der Waals surface area contributed by atoms with Crippen LogP contribution in [-0.2, 0) is 9.53 Å². The fourth-order valence-corrected chi connectivity index (χ4v) is 2.02. The Kier molecular flexibility index (Phi) is 3.70. The molecule has 0 saturated heterocycles. The minimum atomic E-state index is -0.603. The molecule has 0 amide bonds. The number of carbonyl (C=O) groups is 1. The topological polar surface area (TPSA) is 47.9 Å². The number of ether oxygens (including phenoxy) is 2. The van der Waals surface area contributed by atoms with E-state index < -0.39 is 11.8 Å². The summed E-state index contributed by atoms with van der Waals surface area (Å²) >= 11 is 0. The molecule has 0 spiro atoms.